The Hall–Kier alpha value is -1.68. The van der Waals surface area contributed by atoms with Gasteiger partial charge >= 0.3 is 0 Å². The zero-order chi connectivity index (χ0) is 14.8. The Bertz CT molecular complexity index is 617. The summed E-state index contributed by atoms with van der Waals surface area (Å²) in [5.74, 6) is 0.135. The zero-order valence-corrected chi connectivity index (χ0v) is 13.4. The van der Waals surface area contributed by atoms with Crippen molar-refractivity contribution in [2.45, 2.75) is 24.5 Å². The number of carbonyl (C=O) groups is 1. The Morgan fingerprint density at radius 3 is 2.00 bits per heavy atom. The number of hydrogen-bond donors (Lipinski definition) is 1. The van der Waals surface area contributed by atoms with Gasteiger partial charge in [0.25, 0.3) is 0 Å². The van der Waals surface area contributed by atoms with Crippen LogP contribution in [0.1, 0.15) is 29.6 Å². The number of carbonyl (C=O) groups excluding carboxylic acids is 1. The van der Waals surface area contributed by atoms with E-state index in [0.29, 0.717) is 6.42 Å². The lowest BCUT2D eigenvalue weighted by Crippen LogP contribution is -2.51. The third kappa shape index (κ3) is 3.07. The molecule has 1 aliphatic rings. The maximum Gasteiger partial charge on any atom is 0.153 e. The summed E-state index contributed by atoms with van der Waals surface area (Å²) < 4.78 is 0. The zero-order valence-electron chi connectivity index (χ0n) is 12.6. The minimum absolute atomic E-state index is 0. The van der Waals surface area contributed by atoms with Crippen LogP contribution in [0, 0.1) is 0 Å². The van der Waals surface area contributed by atoms with Gasteiger partial charge in [-0.15, -0.1) is 12.4 Å². The molecule has 2 aromatic rings. The number of likely N-dealkylation sites (tertiary alicyclic amines) is 1. The van der Waals surface area contributed by atoms with Crippen molar-refractivity contribution >= 4 is 18.2 Å². The summed E-state index contributed by atoms with van der Waals surface area (Å²) in [6.45, 7) is 0. The number of nitrogens with zero attached hydrogens (tertiary/aromatic N) is 1. The second-order valence-electron chi connectivity index (χ2n) is 5.64. The van der Waals surface area contributed by atoms with Crippen molar-refractivity contribution in [2.75, 3.05) is 7.05 Å². The first-order valence-corrected chi connectivity index (χ1v) is 7.28. The molecular formula is C18H21ClN2O. The summed E-state index contributed by atoms with van der Waals surface area (Å²) in [6, 6.07) is 19.8. The molecule has 0 saturated carbocycles. The van der Waals surface area contributed by atoms with Crippen LogP contribution < -0.4 is 5.73 Å². The predicted octanol–water partition coefficient (Wildman–Crippen LogP) is 3.12. The molecule has 0 aliphatic carbocycles. The van der Waals surface area contributed by atoms with E-state index in [1.807, 2.05) is 48.5 Å². The first-order chi connectivity index (χ1) is 10.2. The van der Waals surface area contributed by atoms with Crippen molar-refractivity contribution in [3.8, 4) is 0 Å². The number of rotatable bonds is 2. The highest BCUT2D eigenvalue weighted by molar-refractivity contribution is 5.86. The van der Waals surface area contributed by atoms with Crippen LogP contribution in [0.4, 0.5) is 0 Å². The first-order valence-electron chi connectivity index (χ1n) is 7.28. The van der Waals surface area contributed by atoms with Crippen LogP contribution in [0.25, 0.3) is 0 Å². The number of piperidine rings is 1. The quantitative estimate of drug-likeness (QED) is 0.926. The summed E-state index contributed by atoms with van der Waals surface area (Å²) in [5.41, 5.74) is 8.46. The van der Waals surface area contributed by atoms with E-state index in [9.17, 15) is 4.79 Å². The average molecular weight is 317 g/mol. The van der Waals surface area contributed by atoms with E-state index < -0.39 is 6.04 Å². The molecule has 0 amide bonds. The van der Waals surface area contributed by atoms with Gasteiger partial charge in [0.15, 0.2) is 5.78 Å². The molecule has 1 saturated heterocycles. The number of Topliss-reactive ketones (excluding diaryl/α,β-unsaturated/α-hetero) is 1. The molecule has 1 aliphatic heterocycles. The highest BCUT2D eigenvalue weighted by Crippen LogP contribution is 2.38. The average Bonchev–Trinajstić information content (AvgIpc) is 2.53. The van der Waals surface area contributed by atoms with Crippen molar-refractivity contribution < 1.29 is 4.79 Å². The lowest BCUT2D eigenvalue weighted by Gasteiger charge is -2.42. The summed E-state index contributed by atoms with van der Waals surface area (Å²) in [6.07, 6.45) is 0.477. The van der Waals surface area contributed by atoms with Crippen LogP contribution in [0.3, 0.4) is 0 Å². The van der Waals surface area contributed by atoms with E-state index in [4.69, 9.17) is 5.73 Å². The second kappa shape index (κ2) is 7.05. The lowest BCUT2D eigenvalue weighted by atomic mass is 9.84. The van der Waals surface area contributed by atoms with E-state index in [-0.39, 0.29) is 30.3 Å². The Morgan fingerprint density at radius 1 is 0.955 bits per heavy atom. The Morgan fingerprint density at radius 2 is 1.45 bits per heavy atom. The Kier molecular flexibility index (Phi) is 5.35. The lowest BCUT2D eigenvalue weighted by molar-refractivity contribution is -0.127. The normalized spacial score (nSPS) is 25.5. The van der Waals surface area contributed by atoms with E-state index in [0.717, 1.165) is 5.56 Å². The molecule has 22 heavy (non-hydrogen) atoms. The summed E-state index contributed by atoms with van der Waals surface area (Å²) >= 11 is 0. The smallest absolute Gasteiger partial charge is 0.153 e. The molecule has 0 bridgehead atoms. The van der Waals surface area contributed by atoms with E-state index in [2.05, 4.69) is 24.1 Å². The molecule has 2 aromatic carbocycles. The third-order valence-corrected chi connectivity index (χ3v) is 4.36. The molecule has 3 unspecified atom stereocenters. The molecular weight excluding hydrogens is 296 g/mol. The van der Waals surface area contributed by atoms with Gasteiger partial charge in [-0.3, -0.25) is 9.69 Å². The maximum absolute atomic E-state index is 12.4. The second-order valence-corrected chi connectivity index (χ2v) is 5.64. The number of ketones is 1. The van der Waals surface area contributed by atoms with Crippen molar-refractivity contribution in [3.05, 3.63) is 71.8 Å². The topological polar surface area (TPSA) is 46.3 Å². The van der Waals surface area contributed by atoms with Gasteiger partial charge in [-0.25, -0.2) is 0 Å². The molecule has 1 fully saturated rings. The van der Waals surface area contributed by atoms with Gasteiger partial charge in [-0.2, -0.15) is 0 Å². The van der Waals surface area contributed by atoms with Gasteiger partial charge in [0.1, 0.15) is 0 Å². The predicted molar refractivity (Wildman–Crippen MR) is 91.0 cm³/mol. The van der Waals surface area contributed by atoms with Gasteiger partial charge < -0.3 is 5.73 Å². The van der Waals surface area contributed by atoms with Crippen LogP contribution in [0.2, 0.25) is 0 Å². The van der Waals surface area contributed by atoms with Crippen LogP contribution in [0.15, 0.2) is 60.7 Å². The summed E-state index contributed by atoms with van der Waals surface area (Å²) in [4.78, 5) is 14.6. The third-order valence-electron chi connectivity index (χ3n) is 4.36. The molecule has 3 nitrogen and oxygen atoms in total. The Balaban J connectivity index is 0.00000176. The number of benzene rings is 2. The number of hydrogen-bond acceptors (Lipinski definition) is 3. The molecule has 0 aromatic heterocycles. The standard InChI is InChI=1S/C18H20N2O.ClH/c1-20-15(13-8-4-2-5-9-13)12-16(21)17(19)18(20)14-10-6-3-7-11-14;/h2-11,15,17-18H,12,19H2,1H3;1H. The van der Waals surface area contributed by atoms with E-state index in [1.54, 1.807) is 0 Å². The van der Waals surface area contributed by atoms with Crippen LogP contribution >= 0.6 is 12.4 Å². The van der Waals surface area contributed by atoms with Gasteiger partial charge in [-0.05, 0) is 18.2 Å². The molecule has 0 radical (unpaired) electrons. The fourth-order valence-electron chi connectivity index (χ4n) is 3.21. The highest BCUT2D eigenvalue weighted by atomic mass is 35.5. The van der Waals surface area contributed by atoms with Crippen molar-refractivity contribution in [1.82, 2.24) is 4.90 Å². The first kappa shape index (κ1) is 16.7. The maximum atomic E-state index is 12.4. The van der Waals surface area contributed by atoms with Crippen molar-refractivity contribution in [1.29, 1.82) is 0 Å². The molecule has 0 spiro atoms. The van der Waals surface area contributed by atoms with Gasteiger partial charge in [0, 0.05) is 12.5 Å². The van der Waals surface area contributed by atoms with Gasteiger partial charge in [-0.1, -0.05) is 60.7 Å². The fourth-order valence-corrected chi connectivity index (χ4v) is 3.21. The van der Waals surface area contributed by atoms with Crippen LogP contribution in [-0.4, -0.2) is 23.8 Å². The van der Waals surface area contributed by atoms with E-state index in [1.165, 1.54) is 5.56 Å². The Labute approximate surface area is 137 Å². The van der Waals surface area contributed by atoms with Crippen LogP contribution in [-0.2, 0) is 4.79 Å². The van der Waals surface area contributed by atoms with Crippen molar-refractivity contribution in [3.63, 3.8) is 0 Å². The number of likely N-dealkylation sites (N-methyl/N-ethyl adjacent to an activating group) is 1. The van der Waals surface area contributed by atoms with Crippen LogP contribution in [0.5, 0.6) is 0 Å². The molecule has 3 atom stereocenters. The molecule has 4 heteroatoms. The van der Waals surface area contributed by atoms with Crippen molar-refractivity contribution in [2.24, 2.45) is 5.73 Å². The minimum Gasteiger partial charge on any atom is -0.320 e. The molecule has 2 N–H and O–H groups in total. The fraction of sp³-hybridized carbons (Fsp3) is 0.278. The largest absolute Gasteiger partial charge is 0.320 e. The number of halogens is 1. The highest BCUT2D eigenvalue weighted by Gasteiger charge is 2.39. The molecule has 3 rings (SSSR count). The molecule has 116 valence electrons. The number of nitrogens with two attached hydrogens (primary N) is 1. The van der Waals surface area contributed by atoms with Gasteiger partial charge in [0.2, 0.25) is 0 Å². The summed E-state index contributed by atoms with van der Waals surface area (Å²) in [7, 11) is 2.06. The summed E-state index contributed by atoms with van der Waals surface area (Å²) in [5, 5.41) is 0. The monoisotopic (exact) mass is 316 g/mol. The van der Waals surface area contributed by atoms with Gasteiger partial charge in [0.05, 0.1) is 12.1 Å². The SMILES string of the molecule is CN1C(c2ccccc2)CC(=O)C(N)C1c1ccccc1.Cl. The molecule has 1 heterocycles. The van der Waals surface area contributed by atoms with E-state index >= 15 is 0 Å². The minimum atomic E-state index is -0.461.